The highest BCUT2D eigenvalue weighted by molar-refractivity contribution is 6.30. The lowest BCUT2D eigenvalue weighted by Crippen LogP contribution is -2.49. The normalized spacial score (nSPS) is 15.1. The second-order valence-corrected chi connectivity index (χ2v) is 9.20. The second-order valence-electron chi connectivity index (χ2n) is 8.76. The highest BCUT2D eigenvalue weighted by Gasteiger charge is 2.28. The summed E-state index contributed by atoms with van der Waals surface area (Å²) in [7, 11) is 1.58. The van der Waals surface area contributed by atoms with Crippen LogP contribution in [0.3, 0.4) is 0 Å². The Balaban J connectivity index is 1.20. The number of carbonyl (C=O) groups excluding carboxylic acids is 1. The predicted octanol–water partition coefficient (Wildman–Crippen LogP) is 5.09. The number of ether oxygens (including phenoxy) is 1. The minimum Gasteiger partial charge on any atom is -0.367 e. The molecule has 0 unspecified atom stereocenters. The highest BCUT2D eigenvalue weighted by Crippen LogP contribution is 2.25. The number of halogens is 1. The Labute approximate surface area is 215 Å². The quantitative estimate of drug-likeness (QED) is 0.350. The first-order valence-corrected chi connectivity index (χ1v) is 12.3. The SMILES string of the molecule is CO[C@@H](C(=O)N1CCN(Cc2cccc(-c3noc(-c4cccc(Cl)c4)n3)c2)CC1)c1ccccc1. The van der Waals surface area contributed by atoms with E-state index in [0.29, 0.717) is 29.8 Å². The summed E-state index contributed by atoms with van der Waals surface area (Å²) in [6, 6.07) is 25.1. The van der Waals surface area contributed by atoms with Gasteiger partial charge in [0.05, 0.1) is 0 Å². The largest absolute Gasteiger partial charge is 0.367 e. The summed E-state index contributed by atoms with van der Waals surface area (Å²) in [5.41, 5.74) is 3.71. The van der Waals surface area contributed by atoms with Crippen LogP contribution in [-0.4, -0.2) is 59.1 Å². The van der Waals surface area contributed by atoms with Gasteiger partial charge in [0.1, 0.15) is 0 Å². The fourth-order valence-corrected chi connectivity index (χ4v) is 4.64. The van der Waals surface area contributed by atoms with Gasteiger partial charge < -0.3 is 14.2 Å². The molecule has 1 saturated heterocycles. The molecule has 1 aliphatic rings. The molecule has 184 valence electrons. The molecule has 0 aliphatic carbocycles. The van der Waals surface area contributed by atoms with Crippen molar-refractivity contribution in [3.05, 3.63) is 95.0 Å². The van der Waals surface area contributed by atoms with Crippen LogP contribution < -0.4 is 0 Å². The number of aromatic nitrogens is 2. The van der Waals surface area contributed by atoms with Crippen LogP contribution in [-0.2, 0) is 16.1 Å². The summed E-state index contributed by atoms with van der Waals surface area (Å²) in [4.78, 5) is 21.9. The highest BCUT2D eigenvalue weighted by atomic mass is 35.5. The Morgan fingerprint density at radius 3 is 2.47 bits per heavy atom. The number of amides is 1. The lowest BCUT2D eigenvalue weighted by molar-refractivity contribution is -0.144. The zero-order valence-corrected chi connectivity index (χ0v) is 20.8. The van der Waals surface area contributed by atoms with Gasteiger partial charge in [-0.05, 0) is 35.4 Å². The van der Waals surface area contributed by atoms with Gasteiger partial charge in [-0.15, -0.1) is 0 Å². The number of piperazine rings is 1. The Morgan fingerprint density at radius 2 is 1.72 bits per heavy atom. The molecular weight excluding hydrogens is 476 g/mol. The van der Waals surface area contributed by atoms with E-state index in [2.05, 4.69) is 27.2 Å². The van der Waals surface area contributed by atoms with Crippen molar-refractivity contribution < 1.29 is 14.1 Å². The first-order valence-electron chi connectivity index (χ1n) is 11.9. The van der Waals surface area contributed by atoms with Crippen LogP contribution in [0.15, 0.2) is 83.4 Å². The summed E-state index contributed by atoms with van der Waals surface area (Å²) in [5.74, 6) is 0.982. The fraction of sp³-hybridized carbons (Fsp3) is 0.250. The summed E-state index contributed by atoms with van der Waals surface area (Å²) < 4.78 is 11.0. The minimum absolute atomic E-state index is 0.0120. The van der Waals surface area contributed by atoms with Crippen molar-refractivity contribution in [3.63, 3.8) is 0 Å². The average Bonchev–Trinajstić information content (AvgIpc) is 3.41. The maximum Gasteiger partial charge on any atom is 0.258 e. The van der Waals surface area contributed by atoms with Gasteiger partial charge in [0.2, 0.25) is 5.82 Å². The Kier molecular flexibility index (Phi) is 7.41. The number of nitrogens with zero attached hydrogens (tertiary/aromatic N) is 4. The van der Waals surface area contributed by atoms with E-state index >= 15 is 0 Å². The van der Waals surface area contributed by atoms with Crippen molar-refractivity contribution in [1.29, 1.82) is 0 Å². The third-order valence-corrected chi connectivity index (χ3v) is 6.57. The van der Waals surface area contributed by atoms with Gasteiger partial charge in [0.15, 0.2) is 6.10 Å². The van der Waals surface area contributed by atoms with Gasteiger partial charge in [-0.1, -0.05) is 71.4 Å². The van der Waals surface area contributed by atoms with Crippen LogP contribution in [0.4, 0.5) is 0 Å². The molecule has 1 atom stereocenters. The summed E-state index contributed by atoms with van der Waals surface area (Å²) in [6.45, 7) is 3.70. The Bertz CT molecular complexity index is 1320. The molecule has 8 heteroatoms. The molecule has 0 bridgehead atoms. The topological polar surface area (TPSA) is 71.7 Å². The molecule has 7 nitrogen and oxygen atoms in total. The molecule has 0 saturated carbocycles. The van der Waals surface area contributed by atoms with Crippen LogP contribution >= 0.6 is 11.6 Å². The van der Waals surface area contributed by atoms with Crippen molar-refractivity contribution in [3.8, 4) is 22.8 Å². The maximum absolute atomic E-state index is 13.1. The zero-order valence-electron chi connectivity index (χ0n) is 20.0. The number of methoxy groups -OCH3 is 1. The van der Waals surface area contributed by atoms with E-state index in [1.807, 2.05) is 59.5 Å². The molecule has 5 rings (SSSR count). The van der Waals surface area contributed by atoms with E-state index in [0.717, 1.165) is 41.9 Å². The fourth-order valence-electron chi connectivity index (χ4n) is 4.45. The van der Waals surface area contributed by atoms with Crippen molar-refractivity contribution in [2.24, 2.45) is 0 Å². The summed E-state index contributed by atoms with van der Waals surface area (Å²) >= 11 is 6.09. The van der Waals surface area contributed by atoms with Crippen LogP contribution in [0.2, 0.25) is 5.02 Å². The molecule has 4 aromatic rings. The van der Waals surface area contributed by atoms with E-state index in [-0.39, 0.29) is 5.91 Å². The van der Waals surface area contributed by atoms with E-state index in [1.54, 1.807) is 19.2 Å². The monoisotopic (exact) mass is 502 g/mol. The van der Waals surface area contributed by atoms with Crippen molar-refractivity contribution in [1.82, 2.24) is 19.9 Å². The van der Waals surface area contributed by atoms with Gasteiger partial charge >= 0.3 is 0 Å². The molecule has 0 radical (unpaired) electrons. The maximum atomic E-state index is 13.1. The lowest BCUT2D eigenvalue weighted by atomic mass is 10.1. The molecule has 3 aromatic carbocycles. The van der Waals surface area contributed by atoms with Gasteiger partial charge in [-0.3, -0.25) is 9.69 Å². The number of carbonyl (C=O) groups is 1. The minimum atomic E-state index is -0.568. The first kappa shape index (κ1) is 24.2. The Morgan fingerprint density at radius 1 is 0.972 bits per heavy atom. The first-order chi connectivity index (χ1) is 17.6. The average molecular weight is 503 g/mol. The van der Waals surface area contributed by atoms with Gasteiger partial charge in [0.25, 0.3) is 11.8 Å². The van der Waals surface area contributed by atoms with E-state index in [9.17, 15) is 4.79 Å². The summed E-state index contributed by atoms with van der Waals surface area (Å²) in [5, 5.41) is 4.78. The smallest absolute Gasteiger partial charge is 0.258 e. The molecule has 0 spiro atoms. The third-order valence-electron chi connectivity index (χ3n) is 6.34. The van der Waals surface area contributed by atoms with Crippen molar-refractivity contribution in [2.75, 3.05) is 33.3 Å². The molecule has 1 aliphatic heterocycles. The van der Waals surface area contributed by atoms with Gasteiger partial charge in [-0.25, -0.2) is 0 Å². The van der Waals surface area contributed by atoms with E-state index < -0.39 is 6.10 Å². The molecular formula is C28H27ClN4O3. The number of hydrogen-bond acceptors (Lipinski definition) is 6. The number of hydrogen-bond donors (Lipinski definition) is 0. The molecule has 1 aromatic heterocycles. The van der Waals surface area contributed by atoms with Crippen molar-refractivity contribution >= 4 is 17.5 Å². The van der Waals surface area contributed by atoms with Crippen LogP contribution in [0.5, 0.6) is 0 Å². The zero-order chi connectivity index (χ0) is 24.9. The van der Waals surface area contributed by atoms with Gasteiger partial charge in [-0.2, -0.15) is 4.98 Å². The number of rotatable bonds is 7. The van der Waals surface area contributed by atoms with E-state index in [4.69, 9.17) is 20.9 Å². The predicted molar refractivity (Wildman–Crippen MR) is 138 cm³/mol. The molecule has 1 amide bonds. The molecule has 2 heterocycles. The van der Waals surface area contributed by atoms with Crippen LogP contribution in [0.1, 0.15) is 17.2 Å². The lowest BCUT2D eigenvalue weighted by Gasteiger charge is -2.36. The van der Waals surface area contributed by atoms with Crippen LogP contribution in [0.25, 0.3) is 22.8 Å². The molecule has 1 fully saturated rings. The standard InChI is InChI=1S/C28H27ClN4O3/c1-35-25(21-8-3-2-4-9-21)28(34)33-15-13-32(14-16-33)19-20-7-5-10-22(17-20)26-30-27(36-31-26)23-11-6-12-24(29)18-23/h2-12,17-18,25H,13-16,19H2,1H3/t25-/m1/s1. The van der Waals surface area contributed by atoms with E-state index in [1.165, 1.54) is 0 Å². The third kappa shape index (κ3) is 5.49. The molecule has 36 heavy (non-hydrogen) atoms. The Hall–Kier alpha value is -3.52. The summed E-state index contributed by atoms with van der Waals surface area (Å²) in [6.07, 6.45) is -0.568. The van der Waals surface area contributed by atoms with Gasteiger partial charge in [0, 0.05) is 56.0 Å². The number of benzene rings is 3. The van der Waals surface area contributed by atoms with Crippen LogP contribution in [0, 0.1) is 0 Å². The van der Waals surface area contributed by atoms with Crippen molar-refractivity contribution in [2.45, 2.75) is 12.6 Å². The second kappa shape index (κ2) is 11.0. The molecule has 0 N–H and O–H groups in total.